The van der Waals surface area contributed by atoms with Gasteiger partial charge in [-0.2, -0.15) is 0 Å². The molecular formula is C11H27NOSi. The molecular weight excluding hydrogens is 190 g/mol. The molecule has 0 amide bonds. The first-order chi connectivity index (χ1) is 6.44. The lowest BCUT2D eigenvalue weighted by molar-refractivity contribution is 0.153. The number of unbranched alkanes of at least 4 members (excludes halogenated alkanes) is 1. The van der Waals surface area contributed by atoms with Gasteiger partial charge in [-0.05, 0) is 40.0 Å². The van der Waals surface area contributed by atoms with Crippen LogP contribution in [0.4, 0.5) is 0 Å². The summed E-state index contributed by atoms with van der Waals surface area (Å²) >= 11 is 0. The van der Waals surface area contributed by atoms with Crippen molar-refractivity contribution in [1.29, 1.82) is 0 Å². The standard InChI is InChI=1S/C11H27NOSi/c1-7-9-10-11(8-2)13-14(5,6)12(3)4/h11H,7-10H2,1-6H3. The van der Waals surface area contributed by atoms with Gasteiger partial charge < -0.3 is 8.99 Å². The summed E-state index contributed by atoms with van der Waals surface area (Å²) in [6.07, 6.45) is 5.39. The second kappa shape index (κ2) is 6.59. The highest BCUT2D eigenvalue weighted by molar-refractivity contribution is 6.68. The molecule has 0 fully saturated rings. The van der Waals surface area contributed by atoms with Crippen molar-refractivity contribution < 1.29 is 4.43 Å². The van der Waals surface area contributed by atoms with E-state index >= 15 is 0 Å². The Kier molecular flexibility index (Phi) is 6.65. The van der Waals surface area contributed by atoms with Crippen LogP contribution in [0.1, 0.15) is 39.5 Å². The predicted octanol–water partition coefficient (Wildman–Crippen LogP) is 3.24. The summed E-state index contributed by atoms with van der Waals surface area (Å²) in [5, 5.41) is 0. The van der Waals surface area contributed by atoms with Crippen LogP contribution in [-0.2, 0) is 4.43 Å². The molecule has 0 aromatic rings. The fourth-order valence-corrected chi connectivity index (χ4v) is 2.60. The number of hydrogen-bond donors (Lipinski definition) is 0. The van der Waals surface area contributed by atoms with Crippen molar-refractivity contribution in [1.82, 2.24) is 4.57 Å². The van der Waals surface area contributed by atoms with Crippen LogP contribution < -0.4 is 0 Å². The first kappa shape index (κ1) is 14.1. The third kappa shape index (κ3) is 5.13. The molecule has 0 aliphatic rings. The lowest BCUT2D eigenvalue weighted by atomic mass is 10.1. The van der Waals surface area contributed by atoms with Crippen molar-refractivity contribution in [2.75, 3.05) is 14.1 Å². The maximum Gasteiger partial charge on any atom is 0.265 e. The smallest absolute Gasteiger partial charge is 0.265 e. The molecule has 14 heavy (non-hydrogen) atoms. The molecule has 0 saturated heterocycles. The number of rotatable bonds is 7. The Morgan fingerprint density at radius 3 is 2.14 bits per heavy atom. The van der Waals surface area contributed by atoms with E-state index in [1.165, 1.54) is 19.3 Å². The SMILES string of the molecule is CCCCC(CC)O[Si](C)(C)N(C)C. The lowest BCUT2D eigenvalue weighted by Gasteiger charge is -2.33. The summed E-state index contributed by atoms with van der Waals surface area (Å²) in [5.41, 5.74) is 0. The van der Waals surface area contributed by atoms with Gasteiger partial charge in [0, 0.05) is 6.10 Å². The molecule has 0 radical (unpaired) electrons. The Balaban J connectivity index is 4.02. The van der Waals surface area contributed by atoms with Crippen LogP contribution in [0.25, 0.3) is 0 Å². The van der Waals surface area contributed by atoms with Crippen LogP contribution in [0, 0.1) is 0 Å². The molecule has 0 spiro atoms. The van der Waals surface area contributed by atoms with E-state index in [2.05, 4.69) is 45.6 Å². The monoisotopic (exact) mass is 217 g/mol. The van der Waals surface area contributed by atoms with Crippen molar-refractivity contribution in [3.8, 4) is 0 Å². The van der Waals surface area contributed by atoms with Gasteiger partial charge in [0.2, 0.25) is 0 Å². The molecule has 0 N–H and O–H groups in total. The molecule has 0 saturated carbocycles. The molecule has 0 aromatic carbocycles. The van der Waals surface area contributed by atoms with Gasteiger partial charge in [-0.1, -0.05) is 26.7 Å². The molecule has 1 unspecified atom stereocenters. The van der Waals surface area contributed by atoms with Gasteiger partial charge in [0.15, 0.2) is 0 Å². The van der Waals surface area contributed by atoms with E-state index in [9.17, 15) is 0 Å². The minimum atomic E-state index is -1.58. The summed E-state index contributed by atoms with van der Waals surface area (Å²) in [6, 6.07) is 0. The van der Waals surface area contributed by atoms with Crippen molar-refractivity contribution >= 4 is 8.48 Å². The molecule has 0 bridgehead atoms. The number of nitrogens with zero attached hydrogens (tertiary/aromatic N) is 1. The predicted molar refractivity (Wildman–Crippen MR) is 65.9 cm³/mol. The van der Waals surface area contributed by atoms with E-state index in [1.54, 1.807) is 0 Å². The first-order valence-corrected chi connectivity index (χ1v) is 8.64. The van der Waals surface area contributed by atoms with Crippen molar-refractivity contribution in [3.05, 3.63) is 0 Å². The molecule has 0 heterocycles. The summed E-state index contributed by atoms with van der Waals surface area (Å²) in [4.78, 5) is 0. The molecule has 86 valence electrons. The third-order valence-electron chi connectivity index (χ3n) is 2.87. The van der Waals surface area contributed by atoms with Gasteiger partial charge in [-0.25, -0.2) is 0 Å². The van der Waals surface area contributed by atoms with E-state index in [1.807, 2.05) is 0 Å². The van der Waals surface area contributed by atoms with E-state index < -0.39 is 8.48 Å². The van der Waals surface area contributed by atoms with Gasteiger partial charge in [0.1, 0.15) is 0 Å². The Labute approximate surface area is 90.8 Å². The summed E-state index contributed by atoms with van der Waals surface area (Å²) in [6.45, 7) is 8.99. The van der Waals surface area contributed by atoms with Crippen LogP contribution in [0.2, 0.25) is 13.1 Å². The van der Waals surface area contributed by atoms with Crippen molar-refractivity contribution in [2.24, 2.45) is 0 Å². The zero-order valence-corrected chi connectivity index (χ0v) is 11.8. The molecule has 0 rings (SSSR count). The number of hydrogen-bond acceptors (Lipinski definition) is 2. The average Bonchev–Trinajstić information content (AvgIpc) is 2.11. The first-order valence-electron chi connectivity index (χ1n) is 5.79. The van der Waals surface area contributed by atoms with Gasteiger partial charge >= 0.3 is 0 Å². The maximum absolute atomic E-state index is 6.22. The van der Waals surface area contributed by atoms with E-state index in [0.717, 1.165) is 6.42 Å². The average molecular weight is 217 g/mol. The van der Waals surface area contributed by atoms with Crippen LogP contribution in [0.3, 0.4) is 0 Å². The Hall–Kier alpha value is 0.137. The zero-order valence-electron chi connectivity index (χ0n) is 10.8. The third-order valence-corrected chi connectivity index (χ3v) is 5.93. The topological polar surface area (TPSA) is 12.5 Å². The van der Waals surface area contributed by atoms with Crippen molar-refractivity contribution in [3.63, 3.8) is 0 Å². The Bertz CT molecular complexity index is 148. The fraction of sp³-hybridized carbons (Fsp3) is 1.00. The van der Waals surface area contributed by atoms with Crippen molar-refractivity contribution in [2.45, 2.75) is 58.7 Å². The summed E-state index contributed by atoms with van der Waals surface area (Å²) in [5.74, 6) is 0. The highest BCUT2D eigenvalue weighted by atomic mass is 28.4. The second-order valence-electron chi connectivity index (χ2n) is 4.63. The Morgan fingerprint density at radius 2 is 1.79 bits per heavy atom. The highest BCUT2D eigenvalue weighted by Gasteiger charge is 2.28. The summed E-state index contributed by atoms with van der Waals surface area (Å²) in [7, 11) is 2.67. The highest BCUT2D eigenvalue weighted by Crippen LogP contribution is 2.16. The normalized spacial score (nSPS) is 14.8. The minimum Gasteiger partial charge on any atom is -0.400 e. The van der Waals surface area contributed by atoms with Crippen LogP contribution in [-0.4, -0.2) is 33.2 Å². The minimum absolute atomic E-state index is 0.471. The quantitative estimate of drug-likeness (QED) is 0.607. The van der Waals surface area contributed by atoms with Crippen LogP contribution in [0.15, 0.2) is 0 Å². The molecule has 0 aliphatic carbocycles. The van der Waals surface area contributed by atoms with Gasteiger partial charge in [-0.15, -0.1) is 0 Å². The molecule has 2 nitrogen and oxygen atoms in total. The van der Waals surface area contributed by atoms with Crippen LogP contribution in [0.5, 0.6) is 0 Å². The van der Waals surface area contributed by atoms with E-state index in [4.69, 9.17) is 4.43 Å². The van der Waals surface area contributed by atoms with Crippen LogP contribution >= 0.6 is 0 Å². The maximum atomic E-state index is 6.22. The van der Waals surface area contributed by atoms with Gasteiger partial charge in [0.25, 0.3) is 8.48 Å². The van der Waals surface area contributed by atoms with E-state index in [0.29, 0.717) is 6.10 Å². The Morgan fingerprint density at radius 1 is 1.21 bits per heavy atom. The van der Waals surface area contributed by atoms with E-state index in [-0.39, 0.29) is 0 Å². The molecule has 0 aliphatic heterocycles. The van der Waals surface area contributed by atoms with Gasteiger partial charge in [-0.3, -0.25) is 0 Å². The fourth-order valence-electron chi connectivity index (χ4n) is 1.29. The molecule has 1 atom stereocenters. The second-order valence-corrected chi connectivity index (χ2v) is 8.66. The summed E-state index contributed by atoms with van der Waals surface area (Å²) < 4.78 is 8.48. The zero-order chi connectivity index (χ0) is 11.2. The van der Waals surface area contributed by atoms with Gasteiger partial charge in [0.05, 0.1) is 0 Å². The lowest BCUT2D eigenvalue weighted by Crippen LogP contribution is -2.49. The largest absolute Gasteiger partial charge is 0.400 e. The molecule has 3 heteroatoms. The molecule has 0 aromatic heterocycles.